The summed E-state index contributed by atoms with van der Waals surface area (Å²) >= 11 is 6.12. The van der Waals surface area contributed by atoms with Crippen LogP contribution in [-0.4, -0.2) is 23.4 Å². The van der Waals surface area contributed by atoms with Crippen molar-refractivity contribution in [3.05, 3.63) is 41.1 Å². The molecule has 1 saturated carbocycles. The summed E-state index contributed by atoms with van der Waals surface area (Å²) in [4.78, 5) is 14.2. The number of hydrogen-bond donors (Lipinski definition) is 0. The molecular formula is C19H24ClNO2. The molecule has 1 amide bonds. The van der Waals surface area contributed by atoms with Crippen LogP contribution in [0.3, 0.4) is 0 Å². The van der Waals surface area contributed by atoms with E-state index in [-0.39, 0.29) is 11.9 Å². The van der Waals surface area contributed by atoms with Crippen LogP contribution in [-0.2, 0) is 4.79 Å². The third-order valence-electron chi connectivity index (χ3n) is 4.90. The number of halogens is 1. The van der Waals surface area contributed by atoms with Crippen molar-refractivity contribution in [1.29, 1.82) is 0 Å². The Balaban J connectivity index is 1.57. The Morgan fingerprint density at radius 3 is 2.74 bits per heavy atom. The number of para-hydroxylation sites is 1. The summed E-state index contributed by atoms with van der Waals surface area (Å²) in [5, 5.41) is 0.564. The lowest BCUT2D eigenvalue weighted by Gasteiger charge is -2.30. The molecule has 0 saturated heterocycles. The van der Waals surface area contributed by atoms with Gasteiger partial charge in [0.2, 0.25) is 0 Å². The Labute approximate surface area is 143 Å². The van der Waals surface area contributed by atoms with Crippen molar-refractivity contribution in [2.24, 2.45) is 5.92 Å². The third kappa shape index (κ3) is 4.08. The second-order valence-corrected chi connectivity index (χ2v) is 7.11. The summed E-state index contributed by atoms with van der Waals surface area (Å²) in [6.07, 6.45) is 9.35. The molecule has 1 unspecified atom stereocenters. The molecule has 23 heavy (non-hydrogen) atoms. The fourth-order valence-corrected chi connectivity index (χ4v) is 3.82. The number of rotatable bonds is 5. The van der Waals surface area contributed by atoms with Crippen LogP contribution in [0.2, 0.25) is 5.02 Å². The Morgan fingerprint density at radius 2 is 2.00 bits per heavy atom. The van der Waals surface area contributed by atoms with Crippen molar-refractivity contribution in [1.82, 2.24) is 4.90 Å². The average molecular weight is 334 g/mol. The number of ether oxygens (including phenoxy) is 1. The van der Waals surface area contributed by atoms with Gasteiger partial charge in [0.1, 0.15) is 11.5 Å². The fourth-order valence-electron chi connectivity index (χ4n) is 3.65. The van der Waals surface area contributed by atoms with E-state index >= 15 is 0 Å². The van der Waals surface area contributed by atoms with Gasteiger partial charge in [0.25, 0.3) is 5.91 Å². The summed E-state index contributed by atoms with van der Waals surface area (Å²) in [5.41, 5.74) is 0. The van der Waals surface area contributed by atoms with Gasteiger partial charge >= 0.3 is 0 Å². The summed E-state index contributed by atoms with van der Waals surface area (Å²) < 4.78 is 5.81. The van der Waals surface area contributed by atoms with Gasteiger partial charge in [-0.1, -0.05) is 55.8 Å². The van der Waals surface area contributed by atoms with E-state index < -0.39 is 0 Å². The summed E-state index contributed by atoms with van der Waals surface area (Å²) in [6.45, 7) is 2.69. The Hall–Kier alpha value is -1.48. The molecule has 1 aromatic rings. The normalized spacial score (nSPS) is 20.5. The van der Waals surface area contributed by atoms with Crippen molar-refractivity contribution < 1.29 is 9.53 Å². The fraction of sp³-hybridized carbons (Fsp3) is 0.526. The van der Waals surface area contributed by atoms with Gasteiger partial charge in [0, 0.05) is 12.1 Å². The number of carbonyl (C=O) groups is 1. The predicted molar refractivity (Wildman–Crippen MR) is 92.5 cm³/mol. The topological polar surface area (TPSA) is 29.5 Å². The molecule has 1 aliphatic heterocycles. The first-order chi connectivity index (χ1) is 11.1. The number of amides is 1. The lowest BCUT2D eigenvalue weighted by molar-refractivity contribution is -0.126. The van der Waals surface area contributed by atoms with Crippen LogP contribution in [0.4, 0.5) is 0 Å². The van der Waals surface area contributed by atoms with Crippen molar-refractivity contribution in [2.45, 2.75) is 51.5 Å². The first-order valence-electron chi connectivity index (χ1n) is 8.57. The third-order valence-corrected chi connectivity index (χ3v) is 5.21. The van der Waals surface area contributed by atoms with Gasteiger partial charge in [0.15, 0.2) is 0 Å². The molecule has 1 aliphatic carbocycles. The Morgan fingerprint density at radius 1 is 1.26 bits per heavy atom. The van der Waals surface area contributed by atoms with Crippen molar-refractivity contribution in [2.75, 3.05) is 6.54 Å². The van der Waals surface area contributed by atoms with Crippen LogP contribution in [0, 0.1) is 5.92 Å². The van der Waals surface area contributed by atoms with Crippen LogP contribution >= 0.6 is 11.6 Å². The smallest absolute Gasteiger partial charge is 0.250 e. The van der Waals surface area contributed by atoms with Gasteiger partial charge < -0.3 is 9.64 Å². The standard InChI is InChI=1S/C19H24ClNO2/c1-14(11-15-7-3-2-4-8-15)21-13-16(12-19(21)22)23-18-10-6-5-9-17(18)20/h5-6,9-10,12,14-15H,2-4,7-8,11,13H2,1H3. The zero-order valence-corrected chi connectivity index (χ0v) is 14.4. The van der Waals surface area contributed by atoms with Gasteiger partial charge in [-0.15, -0.1) is 0 Å². The maximum absolute atomic E-state index is 12.3. The monoisotopic (exact) mass is 333 g/mol. The minimum atomic E-state index is 0.0513. The van der Waals surface area contributed by atoms with E-state index in [4.69, 9.17) is 16.3 Å². The first-order valence-corrected chi connectivity index (χ1v) is 8.95. The summed E-state index contributed by atoms with van der Waals surface area (Å²) in [5.74, 6) is 2.10. The van der Waals surface area contributed by atoms with Gasteiger partial charge in [-0.25, -0.2) is 0 Å². The maximum Gasteiger partial charge on any atom is 0.250 e. The van der Waals surface area contributed by atoms with E-state index in [1.54, 1.807) is 12.1 Å². The predicted octanol–water partition coefficient (Wildman–Crippen LogP) is 4.80. The van der Waals surface area contributed by atoms with Crippen molar-refractivity contribution >= 4 is 17.5 Å². The first kappa shape index (κ1) is 16.4. The number of carbonyl (C=O) groups excluding carboxylic acids is 1. The highest BCUT2D eigenvalue weighted by Gasteiger charge is 2.29. The van der Waals surface area contributed by atoms with E-state index in [9.17, 15) is 4.79 Å². The average Bonchev–Trinajstić information content (AvgIpc) is 2.91. The van der Waals surface area contributed by atoms with Gasteiger partial charge in [0.05, 0.1) is 11.6 Å². The van der Waals surface area contributed by atoms with Gasteiger partial charge in [-0.3, -0.25) is 4.79 Å². The minimum Gasteiger partial charge on any atom is -0.458 e. The molecule has 0 bridgehead atoms. The molecule has 1 heterocycles. The highest BCUT2D eigenvalue weighted by molar-refractivity contribution is 6.32. The van der Waals surface area contributed by atoms with Crippen LogP contribution in [0.1, 0.15) is 45.4 Å². The molecule has 3 rings (SSSR count). The Bertz CT molecular complexity index is 593. The second kappa shape index (κ2) is 7.39. The SMILES string of the molecule is CC(CC1CCCCC1)N1CC(Oc2ccccc2Cl)=CC1=O. The number of benzene rings is 1. The summed E-state index contributed by atoms with van der Waals surface area (Å²) in [7, 11) is 0. The molecule has 2 aliphatic rings. The zero-order valence-electron chi connectivity index (χ0n) is 13.6. The molecular weight excluding hydrogens is 310 g/mol. The quantitative estimate of drug-likeness (QED) is 0.774. The largest absolute Gasteiger partial charge is 0.458 e. The molecule has 0 radical (unpaired) electrons. The second-order valence-electron chi connectivity index (χ2n) is 6.70. The van der Waals surface area contributed by atoms with Crippen LogP contribution in [0.15, 0.2) is 36.1 Å². The lowest BCUT2D eigenvalue weighted by Crippen LogP contribution is -2.36. The Kier molecular flexibility index (Phi) is 5.27. The minimum absolute atomic E-state index is 0.0513. The van der Waals surface area contributed by atoms with E-state index in [1.807, 2.05) is 23.1 Å². The van der Waals surface area contributed by atoms with E-state index in [2.05, 4.69) is 6.92 Å². The number of nitrogens with zero attached hydrogens (tertiary/aromatic N) is 1. The van der Waals surface area contributed by atoms with E-state index in [0.29, 0.717) is 23.1 Å². The molecule has 1 fully saturated rings. The molecule has 0 aromatic heterocycles. The van der Waals surface area contributed by atoms with Gasteiger partial charge in [-0.2, -0.15) is 0 Å². The molecule has 4 heteroatoms. The van der Waals surface area contributed by atoms with Crippen molar-refractivity contribution in [3.8, 4) is 5.75 Å². The highest BCUT2D eigenvalue weighted by Crippen LogP contribution is 2.31. The maximum atomic E-state index is 12.3. The van der Waals surface area contributed by atoms with Crippen LogP contribution in [0.5, 0.6) is 5.75 Å². The molecule has 0 N–H and O–H groups in total. The van der Waals surface area contributed by atoms with Crippen molar-refractivity contribution in [3.63, 3.8) is 0 Å². The van der Waals surface area contributed by atoms with E-state index in [0.717, 1.165) is 12.3 Å². The van der Waals surface area contributed by atoms with E-state index in [1.165, 1.54) is 32.1 Å². The highest BCUT2D eigenvalue weighted by atomic mass is 35.5. The lowest BCUT2D eigenvalue weighted by atomic mass is 9.85. The summed E-state index contributed by atoms with van der Waals surface area (Å²) in [6, 6.07) is 7.61. The van der Waals surface area contributed by atoms with Gasteiger partial charge in [-0.05, 0) is 31.4 Å². The van der Waals surface area contributed by atoms with Crippen LogP contribution < -0.4 is 4.74 Å². The molecule has 1 atom stereocenters. The molecule has 1 aromatic carbocycles. The number of hydrogen-bond acceptors (Lipinski definition) is 2. The molecule has 0 spiro atoms. The van der Waals surface area contributed by atoms with Crippen LogP contribution in [0.25, 0.3) is 0 Å². The molecule has 3 nitrogen and oxygen atoms in total. The zero-order chi connectivity index (χ0) is 16.2. The molecule has 124 valence electrons.